The molecular formula is C18H32O. The Hall–Kier alpha value is -0.820. The van der Waals surface area contributed by atoms with Gasteiger partial charge in [-0.3, -0.25) is 0 Å². The Kier molecular flexibility index (Phi) is 8.75. The van der Waals surface area contributed by atoms with Gasteiger partial charge in [0.15, 0.2) is 0 Å². The van der Waals surface area contributed by atoms with Crippen LogP contribution in [0.5, 0.6) is 0 Å². The summed E-state index contributed by atoms with van der Waals surface area (Å²) in [4.78, 5) is 0. The van der Waals surface area contributed by atoms with E-state index in [9.17, 15) is 5.11 Å². The lowest BCUT2D eigenvalue weighted by atomic mass is 9.77. The molecule has 0 saturated carbocycles. The number of aliphatic hydroxyl groups is 1. The van der Waals surface area contributed by atoms with Gasteiger partial charge in [0, 0.05) is 5.41 Å². The Balaban J connectivity index is 0.00000154. The number of rotatable bonds is 6. The van der Waals surface area contributed by atoms with Gasteiger partial charge in [0.05, 0.1) is 6.10 Å². The molecule has 0 heterocycles. The Morgan fingerprint density at radius 2 is 1.58 bits per heavy atom. The van der Waals surface area contributed by atoms with Gasteiger partial charge in [-0.1, -0.05) is 83.7 Å². The first-order valence-electron chi connectivity index (χ1n) is 7.73. The van der Waals surface area contributed by atoms with Crippen molar-refractivity contribution in [3.05, 3.63) is 35.4 Å². The van der Waals surface area contributed by atoms with E-state index >= 15 is 0 Å². The Labute approximate surface area is 120 Å². The van der Waals surface area contributed by atoms with E-state index in [0.29, 0.717) is 0 Å². The molecule has 0 saturated heterocycles. The first-order chi connectivity index (χ1) is 8.98. The van der Waals surface area contributed by atoms with Crippen molar-refractivity contribution in [1.29, 1.82) is 0 Å². The molecule has 0 aliphatic carbocycles. The van der Waals surface area contributed by atoms with E-state index < -0.39 is 0 Å². The zero-order valence-electron chi connectivity index (χ0n) is 13.7. The highest BCUT2D eigenvalue weighted by Gasteiger charge is 2.28. The molecule has 0 aromatic heterocycles. The first-order valence-corrected chi connectivity index (χ1v) is 7.73. The molecule has 1 heteroatoms. The van der Waals surface area contributed by atoms with Crippen molar-refractivity contribution in [2.24, 2.45) is 0 Å². The zero-order chi connectivity index (χ0) is 14.9. The average Bonchev–Trinajstić information content (AvgIpc) is 2.41. The third-order valence-electron chi connectivity index (χ3n) is 3.71. The molecule has 0 bridgehead atoms. The molecule has 0 fully saturated rings. The molecular weight excluding hydrogens is 232 g/mol. The highest BCUT2D eigenvalue weighted by Crippen LogP contribution is 2.30. The van der Waals surface area contributed by atoms with Gasteiger partial charge in [0.2, 0.25) is 0 Å². The van der Waals surface area contributed by atoms with E-state index in [1.807, 2.05) is 13.8 Å². The lowest BCUT2D eigenvalue weighted by Gasteiger charge is -2.31. The fraction of sp³-hybridized carbons (Fsp3) is 0.667. The van der Waals surface area contributed by atoms with Crippen LogP contribution in [0, 0.1) is 6.92 Å². The van der Waals surface area contributed by atoms with Gasteiger partial charge >= 0.3 is 0 Å². The third-order valence-corrected chi connectivity index (χ3v) is 3.71. The van der Waals surface area contributed by atoms with E-state index in [2.05, 4.69) is 52.0 Å². The number of aryl methyl sites for hydroxylation is 1. The van der Waals surface area contributed by atoms with Crippen molar-refractivity contribution in [2.75, 3.05) is 0 Å². The van der Waals surface area contributed by atoms with E-state index in [1.54, 1.807) is 0 Å². The molecule has 110 valence electrons. The van der Waals surface area contributed by atoms with E-state index in [4.69, 9.17) is 0 Å². The van der Waals surface area contributed by atoms with Crippen LogP contribution < -0.4 is 0 Å². The lowest BCUT2D eigenvalue weighted by molar-refractivity contribution is 0.0886. The van der Waals surface area contributed by atoms with Crippen LogP contribution in [0.25, 0.3) is 0 Å². The van der Waals surface area contributed by atoms with Crippen molar-refractivity contribution in [3.8, 4) is 0 Å². The van der Waals surface area contributed by atoms with Gasteiger partial charge in [-0.15, -0.1) is 0 Å². The van der Waals surface area contributed by atoms with Crippen molar-refractivity contribution >= 4 is 0 Å². The maximum Gasteiger partial charge on any atom is 0.0631 e. The van der Waals surface area contributed by atoms with Crippen LogP contribution in [0.4, 0.5) is 0 Å². The highest BCUT2D eigenvalue weighted by molar-refractivity contribution is 5.28. The normalized spacial score (nSPS) is 12.6. The van der Waals surface area contributed by atoms with Crippen molar-refractivity contribution in [3.63, 3.8) is 0 Å². The van der Waals surface area contributed by atoms with Crippen LogP contribution in [0.1, 0.15) is 71.4 Å². The number of unbranched alkanes of at least 4 members (excludes halogenated alkanes) is 2. The van der Waals surface area contributed by atoms with Crippen molar-refractivity contribution < 1.29 is 5.11 Å². The number of aliphatic hydroxyl groups excluding tert-OH is 1. The first kappa shape index (κ1) is 18.2. The fourth-order valence-electron chi connectivity index (χ4n) is 2.12. The Morgan fingerprint density at radius 3 is 2.05 bits per heavy atom. The predicted octanol–water partition coefficient (Wildman–Crippen LogP) is 5.24. The van der Waals surface area contributed by atoms with Gasteiger partial charge in [0.1, 0.15) is 0 Å². The maximum absolute atomic E-state index is 10.3. The molecule has 1 atom stereocenters. The number of hydrogen-bond donors (Lipinski definition) is 1. The van der Waals surface area contributed by atoms with Gasteiger partial charge < -0.3 is 5.11 Å². The molecule has 1 aromatic rings. The summed E-state index contributed by atoms with van der Waals surface area (Å²) < 4.78 is 0. The Morgan fingerprint density at radius 1 is 1.05 bits per heavy atom. The molecule has 0 aliphatic rings. The van der Waals surface area contributed by atoms with Crippen LogP contribution >= 0.6 is 0 Å². The molecule has 1 unspecified atom stereocenters. The maximum atomic E-state index is 10.3. The zero-order valence-corrected chi connectivity index (χ0v) is 13.7. The van der Waals surface area contributed by atoms with E-state index in [-0.39, 0.29) is 11.5 Å². The molecule has 19 heavy (non-hydrogen) atoms. The quantitative estimate of drug-likeness (QED) is 0.697. The van der Waals surface area contributed by atoms with E-state index in [1.165, 1.54) is 24.0 Å². The van der Waals surface area contributed by atoms with Crippen LogP contribution in [0.3, 0.4) is 0 Å². The summed E-state index contributed by atoms with van der Waals surface area (Å²) in [6.07, 6.45) is 4.18. The minimum Gasteiger partial charge on any atom is -0.392 e. The highest BCUT2D eigenvalue weighted by atomic mass is 16.3. The molecule has 1 nitrogen and oxygen atoms in total. The summed E-state index contributed by atoms with van der Waals surface area (Å²) in [5.74, 6) is 0. The topological polar surface area (TPSA) is 20.2 Å². The molecule has 1 aromatic carbocycles. The smallest absolute Gasteiger partial charge is 0.0631 e. The molecule has 0 spiro atoms. The summed E-state index contributed by atoms with van der Waals surface area (Å²) in [7, 11) is 0. The lowest BCUT2D eigenvalue weighted by Crippen LogP contribution is -2.33. The summed E-state index contributed by atoms with van der Waals surface area (Å²) >= 11 is 0. The predicted molar refractivity (Wildman–Crippen MR) is 85.7 cm³/mol. The summed E-state index contributed by atoms with van der Waals surface area (Å²) in [6.45, 7) is 12.6. The van der Waals surface area contributed by atoms with Crippen LogP contribution in [0.15, 0.2) is 24.3 Å². The monoisotopic (exact) mass is 264 g/mol. The second kappa shape index (κ2) is 9.14. The Bertz CT molecular complexity index is 324. The van der Waals surface area contributed by atoms with Gasteiger partial charge in [0.25, 0.3) is 0 Å². The summed E-state index contributed by atoms with van der Waals surface area (Å²) in [6, 6.07) is 8.52. The van der Waals surface area contributed by atoms with Crippen LogP contribution in [-0.4, -0.2) is 11.2 Å². The fourth-order valence-corrected chi connectivity index (χ4v) is 2.12. The second-order valence-electron chi connectivity index (χ2n) is 5.60. The third kappa shape index (κ3) is 5.78. The molecule has 0 radical (unpaired) electrons. The van der Waals surface area contributed by atoms with E-state index in [0.717, 1.165) is 12.8 Å². The van der Waals surface area contributed by atoms with Crippen molar-refractivity contribution in [1.82, 2.24) is 0 Å². The standard InChI is InChI=1S/C16H26O.C2H6/c1-5-6-7-8-15(17)16(3,4)14-11-9-13(2)10-12-14;1-2/h9-12,15,17H,5-8H2,1-4H3;1-2H3. The SMILES string of the molecule is CC.CCCCCC(O)C(C)(C)c1ccc(C)cc1. The van der Waals surface area contributed by atoms with Crippen LogP contribution in [-0.2, 0) is 5.41 Å². The number of benzene rings is 1. The molecule has 1 N–H and O–H groups in total. The minimum absolute atomic E-state index is 0.151. The second-order valence-corrected chi connectivity index (χ2v) is 5.60. The van der Waals surface area contributed by atoms with Gasteiger partial charge in [-0.2, -0.15) is 0 Å². The van der Waals surface area contributed by atoms with Gasteiger partial charge in [-0.25, -0.2) is 0 Å². The molecule has 0 aliphatic heterocycles. The summed E-state index contributed by atoms with van der Waals surface area (Å²) in [5.41, 5.74) is 2.35. The molecule has 1 rings (SSSR count). The molecule has 0 amide bonds. The average molecular weight is 264 g/mol. The van der Waals surface area contributed by atoms with Crippen LogP contribution in [0.2, 0.25) is 0 Å². The summed E-state index contributed by atoms with van der Waals surface area (Å²) in [5, 5.41) is 10.3. The van der Waals surface area contributed by atoms with Crippen molar-refractivity contribution in [2.45, 2.75) is 78.7 Å². The number of hydrogen-bond acceptors (Lipinski definition) is 1. The minimum atomic E-state index is -0.253. The van der Waals surface area contributed by atoms with Gasteiger partial charge in [-0.05, 0) is 18.9 Å². The largest absolute Gasteiger partial charge is 0.392 e.